The molecule has 1 aromatic heterocycles. The number of aromatic nitrogens is 1. The van der Waals surface area contributed by atoms with E-state index in [0.717, 1.165) is 19.4 Å². The molecule has 0 saturated carbocycles. The molecular formula is C13H20N4O2S. The number of piperidine rings is 1. The van der Waals surface area contributed by atoms with E-state index in [2.05, 4.69) is 15.6 Å². The Labute approximate surface area is 122 Å². The molecule has 0 spiro atoms. The number of carbonyl (C=O) groups is 2. The monoisotopic (exact) mass is 296 g/mol. The van der Waals surface area contributed by atoms with E-state index in [1.165, 1.54) is 11.3 Å². The van der Waals surface area contributed by atoms with Crippen LogP contribution in [0.25, 0.3) is 0 Å². The second kappa shape index (κ2) is 6.32. The zero-order valence-electron chi connectivity index (χ0n) is 11.8. The highest BCUT2D eigenvalue weighted by Crippen LogP contribution is 2.29. The Morgan fingerprint density at radius 2 is 2.35 bits per heavy atom. The molecule has 1 aliphatic heterocycles. The van der Waals surface area contributed by atoms with Crippen molar-refractivity contribution >= 4 is 28.3 Å². The van der Waals surface area contributed by atoms with E-state index in [0.29, 0.717) is 18.2 Å². The van der Waals surface area contributed by atoms with Gasteiger partial charge >= 0.3 is 0 Å². The zero-order chi connectivity index (χ0) is 14.6. The third kappa shape index (κ3) is 3.55. The van der Waals surface area contributed by atoms with Crippen LogP contribution in [0, 0.1) is 5.41 Å². The van der Waals surface area contributed by atoms with Crippen molar-refractivity contribution in [2.45, 2.75) is 19.8 Å². The molecule has 110 valence electrons. The van der Waals surface area contributed by atoms with Gasteiger partial charge in [0.2, 0.25) is 11.8 Å². The first kappa shape index (κ1) is 14.9. The molecule has 1 aromatic rings. The molecular weight excluding hydrogens is 276 g/mol. The van der Waals surface area contributed by atoms with E-state index in [1.807, 2.05) is 17.2 Å². The first-order valence-electron chi connectivity index (χ1n) is 6.67. The molecule has 1 unspecified atom stereocenters. The fourth-order valence-corrected chi connectivity index (χ4v) is 3.16. The molecule has 2 amide bonds. The number of rotatable bonds is 4. The summed E-state index contributed by atoms with van der Waals surface area (Å²) in [4.78, 5) is 29.9. The van der Waals surface area contributed by atoms with E-state index < -0.39 is 5.41 Å². The average Bonchev–Trinajstić information content (AvgIpc) is 2.90. The maximum absolute atomic E-state index is 11.9. The van der Waals surface area contributed by atoms with Crippen LogP contribution in [-0.2, 0) is 9.59 Å². The van der Waals surface area contributed by atoms with Gasteiger partial charge in [0.05, 0.1) is 12.0 Å². The van der Waals surface area contributed by atoms with Crippen LogP contribution < -0.4 is 10.6 Å². The highest BCUT2D eigenvalue weighted by molar-refractivity contribution is 7.13. The summed E-state index contributed by atoms with van der Waals surface area (Å²) in [6.45, 7) is 3.71. The zero-order valence-corrected chi connectivity index (χ0v) is 12.6. The maximum Gasteiger partial charge on any atom is 0.240 e. The van der Waals surface area contributed by atoms with E-state index in [1.54, 1.807) is 13.2 Å². The molecule has 0 bridgehead atoms. The first-order valence-corrected chi connectivity index (χ1v) is 7.55. The van der Waals surface area contributed by atoms with Crippen LogP contribution in [0.2, 0.25) is 0 Å². The number of amides is 2. The lowest BCUT2D eigenvalue weighted by Gasteiger charge is -2.38. The normalized spacial score (nSPS) is 23.3. The fourth-order valence-electron chi connectivity index (χ4n) is 2.61. The van der Waals surface area contributed by atoms with Crippen LogP contribution in [0.5, 0.6) is 0 Å². The Kier molecular flexibility index (Phi) is 4.72. The minimum absolute atomic E-state index is 0.0440. The van der Waals surface area contributed by atoms with Crippen molar-refractivity contribution in [1.82, 2.24) is 15.2 Å². The van der Waals surface area contributed by atoms with Gasteiger partial charge in [0, 0.05) is 25.2 Å². The van der Waals surface area contributed by atoms with Crippen LogP contribution in [0.15, 0.2) is 11.6 Å². The van der Waals surface area contributed by atoms with Crippen LogP contribution >= 0.6 is 11.3 Å². The summed E-state index contributed by atoms with van der Waals surface area (Å²) < 4.78 is 0. The van der Waals surface area contributed by atoms with Gasteiger partial charge in [-0.25, -0.2) is 4.98 Å². The molecule has 2 rings (SSSR count). The highest BCUT2D eigenvalue weighted by Gasteiger charge is 2.37. The third-order valence-electron chi connectivity index (χ3n) is 3.60. The number of likely N-dealkylation sites (tertiary alicyclic amines) is 1. The average molecular weight is 296 g/mol. The molecule has 0 aliphatic carbocycles. The van der Waals surface area contributed by atoms with Gasteiger partial charge in [0.15, 0.2) is 5.13 Å². The minimum Gasteiger partial charge on any atom is -0.359 e. The molecule has 2 heterocycles. The van der Waals surface area contributed by atoms with Gasteiger partial charge in [0.1, 0.15) is 0 Å². The molecule has 1 aliphatic rings. The summed E-state index contributed by atoms with van der Waals surface area (Å²) >= 11 is 1.40. The van der Waals surface area contributed by atoms with E-state index >= 15 is 0 Å². The lowest BCUT2D eigenvalue weighted by Crippen LogP contribution is -2.51. The number of hydrogen-bond acceptors (Lipinski definition) is 5. The number of anilines is 1. The van der Waals surface area contributed by atoms with Gasteiger partial charge in [-0.05, 0) is 26.3 Å². The molecule has 1 saturated heterocycles. The number of thiazole rings is 1. The summed E-state index contributed by atoms with van der Waals surface area (Å²) in [6, 6.07) is 0. The lowest BCUT2D eigenvalue weighted by molar-refractivity contribution is -0.133. The van der Waals surface area contributed by atoms with Crippen LogP contribution in [0.3, 0.4) is 0 Å². The molecule has 1 atom stereocenters. The van der Waals surface area contributed by atoms with Crippen LogP contribution in [0.4, 0.5) is 5.13 Å². The van der Waals surface area contributed by atoms with Crippen molar-refractivity contribution in [1.29, 1.82) is 0 Å². The lowest BCUT2D eigenvalue weighted by atomic mass is 9.81. The van der Waals surface area contributed by atoms with Gasteiger partial charge in [-0.15, -0.1) is 11.3 Å². The Balaban J connectivity index is 1.89. The van der Waals surface area contributed by atoms with Crippen molar-refractivity contribution in [3.63, 3.8) is 0 Å². The summed E-state index contributed by atoms with van der Waals surface area (Å²) in [7, 11) is 1.65. The minimum atomic E-state index is -0.408. The Morgan fingerprint density at radius 3 is 3.00 bits per heavy atom. The van der Waals surface area contributed by atoms with Gasteiger partial charge in [0.25, 0.3) is 0 Å². The fraction of sp³-hybridized carbons (Fsp3) is 0.615. The number of nitrogens with zero attached hydrogens (tertiary/aromatic N) is 2. The summed E-state index contributed by atoms with van der Waals surface area (Å²) in [5, 5.41) is 7.91. The Bertz CT molecular complexity index is 477. The quantitative estimate of drug-likeness (QED) is 0.867. The standard InChI is InChI=1S/C13H20N4O2S/c1-13(11(19)14-2)4-3-6-17(9-13)8-10(18)16-12-15-5-7-20-12/h5,7H,3-4,6,8-9H2,1-2H3,(H,14,19)(H,15,16,18). The predicted molar refractivity (Wildman–Crippen MR) is 78.6 cm³/mol. The second-order valence-electron chi connectivity index (χ2n) is 5.34. The number of carbonyl (C=O) groups excluding carboxylic acids is 2. The summed E-state index contributed by atoms with van der Waals surface area (Å²) in [5.41, 5.74) is -0.408. The van der Waals surface area contributed by atoms with E-state index in [-0.39, 0.29) is 11.8 Å². The van der Waals surface area contributed by atoms with Gasteiger partial charge < -0.3 is 10.6 Å². The molecule has 1 fully saturated rings. The van der Waals surface area contributed by atoms with Crippen LogP contribution in [-0.4, -0.2) is 48.4 Å². The van der Waals surface area contributed by atoms with Gasteiger partial charge in [-0.2, -0.15) is 0 Å². The molecule has 6 nitrogen and oxygen atoms in total. The predicted octanol–water partition coefficient (Wildman–Crippen LogP) is 0.930. The van der Waals surface area contributed by atoms with Crippen molar-refractivity contribution in [2.24, 2.45) is 5.41 Å². The van der Waals surface area contributed by atoms with Gasteiger partial charge in [-0.3, -0.25) is 14.5 Å². The molecule has 7 heteroatoms. The largest absolute Gasteiger partial charge is 0.359 e. The summed E-state index contributed by atoms with van der Waals surface area (Å²) in [6.07, 6.45) is 3.44. The number of hydrogen-bond donors (Lipinski definition) is 2. The topological polar surface area (TPSA) is 74.3 Å². The summed E-state index contributed by atoms with van der Waals surface area (Å²) in [5.74, 6) is -0.0383. The molecule has 2 N–H and O–H groups in total. The van der Waals surface area contributed by atoms with Gasteiger partial charge in [-0.1, -0.05) is 0 Å². The molecule has 20 heavy (non-hydrogen) atoms. The molecule has 0 aromatic carbocycles. The van der Waals surface area contributed by atoms with Crippen molar-refractivity contribution in [3.8, 4) is 0 Å². The van der Waals surface area contributed by atoms with Crippen molar-refractivity contribution in [2.75, 3.05) is 32.0 Å². The van der Waals surface area contributed by atoms with E-state index in [9.17, 15) is 9.59 Å². The smallest absolute Gasteiger partial charge is 0.240 e. The third-order valence-corrected chi connectivity index (χ3v) is 4.29. The maximum atomic E-state index is 11.9. The molecule has 0 radical (unpaired) electrons. The van der Waals surface area contributed by atoms with Crippen molar-refractivity contribution in [3.05, 3.63) is 11.6 Å². The SMILES string of the molecule is CNC(=O)C1(C)CCCN(CC(=O)Nc2nccs2)C1. The van der Waals surface area contributed by atoms with Crippen molar-refractivity contribution < 1.29 is 9.59 Å². The number of nitrogens with one attached hydrogen (secondary N) is 2. The van der Waals surface area contributed by atoms with Crippen LogP contribution in [0.1, 0.15) is 19.8 Å². The Hall–Kier alpha value is -1.47. The van der Waals surface area contributed by atoms with E-state index in [4.69, 9.17) is 0 Å². The second-order valence-corrected chi connectivity index (χ2v) is 6.23. The Morgan fingerprint density at radius 1 is 1.55 bits per heavy atom. The first-order chi connectivity index (χ1) is 9.53. The highest BCUT2D eigenvalue weighted by atomic mass is 32.1.